The summed E-state index contributed by atoms with van der Waals surface area (Å²) in [6, 6.07) is 5.47. The van der Waals surface area contributed by atoms with Gasteiger partial charge < -0.3 is 0 Å². The fraction of sp³-hybridized carbons (Fsp3) is 0.500. The Hall–Kier alpha value is -0.980. The van der Waals surface area contributed by atoms with Crippen LogP contribution >= 0.6 is 11.3 Å². The van der Waals surface area contributed by atoms with Gasteiger partial charge in [-0.1, -0.05) is 18.9 Å². The van der Waals surface area contributed by atoms with Crippen LogP contribution in [0.25, 0.3) is 10.2 Å². The lowest BCUT2D eigenvalue weighted by Crippen LogP contribution is -2.50. The summed E-state index contributed by atoms with van der Waals surface area (Å²) in [6.45, 7) is 0. The fourth-order valence-corrected chi connectivity index (χ4v) is 5.91. The lowest BCUT2D eigenvalue weighted by Gasteiger charge is -2.40. The predicted octanol–water partition coefficient (Wildman–Crippen LogP) is 2.76. The quantitative estimate of drug-likeness (QED) is 0.948. The Balaban J connectivity index is 1.65. The number of hydrogen-bond acceptors (Lipinski definition) is 4. The summed E-state index contributed by atoms with van der Waals surface area (Å²) in [6.07, 6.45) is 4.68. The van der Waals surface area contributed by atoms with E-state index in [0.717, 1.165) is 17.0 Å². The van der Waals surface area contributed by atoms with Gasteiger partial charge in [0.05, 0.1) is 10.2 Å². The van der Waals surface area contributed by atoms with E-state index in [1.54, 1.807) is 17.6 Å². The number of benzene rings is 1. The van der Waals surface area contributed by atoms with Gasteiger partial charge in [-0.3, -0.25) is 0 Å². The number of hydrogen-bond donors (Lipinski definition) is 1. The molecule has 1 N–H and O–H groups in total. The van der Waals surface area contributed by atoms with E-state index in [4.69, 9.17) is 0 Å². The Morgan fingerprint density at radius 1 is 1.30 bits per heavy atom. The molecular formula is C14H16N2O2S2. The molecule has 1 aromatic heterocycles. The lowest BCUT2D eigenvalue weighted by atomic mass is 9.72. The minimum Gasteiger partial charge on any atom is -0.243 e. The van der Waals surface area contributed by atoms with Gasteiger partial charge in [-0.2, -0.15) is 0 Å². The Labute approximate surface area is 122 Å². The van der Waals surface area contributed by atoms with E-state index in [9.17, 15) is 8.42 Å². The number of para-hydroxylation sites is 1. The zero-order valence-corrected chi connectivity index (χ0v) is 12.6. The molecule has 20 heavy (non-hydrogen) atoms. The summed E-state index contributed by atoms with van der Waals surface area (Å²) in [4.78, 5) is 4.52. The van der Waals surface area contributed by atoms with Crippen LogP contribution in [0.5, 0.6) is 0 Å². The molecule has 0 aliphatic heterocycles. The Kier molecular flexibility index (Phi) is 2.87. The zero-order valence-electron chi connectivity index (χ0n) is 11.0. The molecule has 0 amide bonds. The minimum absolute atomic E-state index is 0.126. The minimum atomic E-state index is -3.46. The second-order valence-corrected chi connectivity index (χ2v) is 8.34. The van der Waals surface area contributed by atoms with Gasteiger partial charge >= 0.3 is 0 Å². The number of sulfonamides is 1. The fourth-order valence-electron chi connectivity index (χ4n) is 3.67. The highest BCUT2D eigenvalue weighted by atomic mass is 32.2. The average Bonchev–Trinajstić information content (AvgIpc) is 3.01. The normalized spacial score (nSPS) is 29.3. The van der Waals surface area contributed by atoms with Crippen molar-refractivity contribution in [2.24, 2.45) is 11.8 Å². The van der Waals surface area contributed by atoms with Crippen molar-refractivity contribution in [1.29, 1.82) is 0 Å². The molecule has 2 aliphatic carbocycles. The maximum Gasteiger partial charge on any atom is 0.243 e. The smallest absolute Gasteiger partial charge is 0.243 e. The van der Waals surface area contributed by atoms with E-state index in [1.807, 2.05) is 6.07 Å². The molecule has 106 valence electrons. The first kappa shape index (κ1) is 12.7. The van der Waals surface area contributed by atoms with Crippen LogP contribution in [-0.2, 0) is 10.0 Å². The second kappa shape index (κ2) is 4.51. The first-order chi connectivity index (χ1) is 9.65. The molecule has 0 spiro atoms. The van der Waals surface area contributed by atoms with Crippen LogP contribution in [-0.4, -0.2) is 19.4 Å². The highest BCUT2D eigenvalue weighted by molar-refractivity contribution is 7.89. The zero-order chi connectivity index (χ0) is 13.7. The Morgan fingerprint density at radius 2 is 2.20 bits per heavy atom. The van der Waals surface area contributed by atoms with Crippen molar-refractivity contribution in [3.63, 3.8) is 0 Å². The van der Waals surface area contributed by atoms with Crippen molar-refractivity contribution in [1.82, 2.24) is 9.71 Å². The molecule has 3 unspecified atom stereocenters. The summed E-state index contributed by atoms with van der Waals surface area (Å²) < 4.78 is 29.0. The molecule has 0 radical (unpaired) electrons. The van der Waals surface area contributed by atoms with Crippen LogP contribution in [0.15, 0.2) is 28.6 Å². The molecule has 1 heterocycles. The lowest BCUT2D eigenvalue weighted by molar-refractivity contribution is 0.158. The summed E-state index contributed by atoms with van der Waals surface area (Å²) in [7, 11) is -3.46. The molecule has 6 heteroatoms. The van der Waals surface area contributed by atoms with Crippen molar-refractivity contribution < 1.29 is 8.42 Å². The molecule has 4 nitrogen and oxygen atoms in total. The molecule has 4 rings (SSSR count). The van der Waals surface area contributed by atoms with Crippen LogP contribution < -0.4 is 4.72 Å². The number of rotatable bonds is 3. The predicted molar refractivity (Wildman–Crippen MR) is 79.2 cm³/mol. The van der Waals surface area contributed by atoms with Crippen molar-refractivity contribution in [2.45, 2.75) is 36.6 Å². The third kappa shape index (κ3) is 1.89. The van der Waals surface area contributed by atoms with Crippen molar-refractivity contribution in [3.05, 3.63) is 23.7 Å². The molecule has 1 aromatic carbocycles. The topological polar surface area (TPSA) is 59.1 Å². The van der Waals surface area contributed by atoms with Crippen LogP contribution in [0.3, 0.4) is 0 Å². The number of nitrogens with zero attached hydrogens (tertiary/aromatic N) is 1. The largest absolute Gasteiger partial charge is 0.243 e. The first-order valence-electron chi connectivity index (χ1n) is 7.00. The van der Waals surface area contributed by atoms with Crippen molar-refractivity contribution in [3.8, 4) is 0 Å². The molecule has 2 aromatic rings. The molecule has 2 aliphatic rings. The summed E-state index contributed by atoms with van der Waals surface area (Å²) in [5.74, 6) is 1.30. The van der Waals surface area contributed by atoms with Gasteiger partial charge in [-0.05, 0) is 36.8 Å². The number of thiazole rings is 1. The SMILES string of the molecule is O=S(=O)(NC1CC2CCCC21)c1cccc2scnc12. The van der Waals surface area contributed by atoms with Gasteiger partial charge in [0, 0.05) is 6.04 Å². The highest BCUT2D eigenvalue weighted by Gasteiger charge is 2.45. The van der Waals surface area contributed by atoms with Crippen LogP contribution in [0, 0.1) is 11.8 Å². The standard InChI is InChI=1S/C14H16N2O2S2/c17-20(18,16-11-7-9-3-1-4-10(9)11)13-6-2-5-12-14(13)15-8-19-12/h2,5-6,8-11,16H,1,3-4,7H2. The Bertz CT molecular complexity index is 753. The van der Waals surface area contributed by atoms with E-state index in [1.165, 1.54) is 30.6 Å². The van der Waals surface area contributed by atoms with Gasteiger partial charge in [-0.25, -0.2) is 18.1 Å². The molecular weight excluding hydrogens is 292 g/mol. The van der Waals surface area contributed by atoms with Crippen molar-refractivity contribution in [2.75, 3.05) is 0 Å². The third-order valence-electron chi connectivity index (χ3n) is 4.71. The first-order valence-corrected chi connectivity index (χ1v) is 9.36. The molecule has 3 atom stereocenters. The van der Waals surface area contributed by atoms with E-state index in [-0.39, 0.29) is 6.04 Å². The Morgan fingerprint density at radius 3 is 3.05 bits per heavy atom. The molecule has 0 bridgehead atoms. The number of aromatic nitrogens is 1. The maximum atomic E-state index is 12.6. The van der Waals surface area contributed by atoms with Gasteiger partial charge in [0.1, 0.15) is 10.4 Å². The number of nitrogens with one attached hydrogen (secondary N) is 1. The molecule has 2 saturated carbocycles. The van der Waals surface area contributed by atoms with Crippen LogP contribution in [0.2, 0.25) is 0 Å². The monoisotopic (exact) mass is 308 g/mol. The number of fused-ring (bicyclic) bond motifs is 2. The van der Waals surface area contributed by atoms with Gasteiger partial charge in [0.25, 0.3) is 0 Å². The molecule has 2 fully saturated rings. The van der Waals surface area contributed by atoms with Crippen molar-refractivity contribution >= 4 is 31.6 Å². The van der Waals surface area contributed by atoms with E-state index >= 15 is 0 Å². The van der Waals surface area contributed by atoms with Crippen LogP contribution in [0.1, 0.15) is 25.7 Å². The van der Waals surface area contributed by atoms with E-state index in [0.29, 0.717) is 16.3 Å². The maximum absolute atomic E-state index is 12.6. The van der Waals surface area contributed by atoms with E-state index < -0.39 is 10.0 Å². The summed E-state index contributed by atoms with van der Waals surface area (Å²) in [5.41, 5.74) is 2.28. The average molecular weight is 308 g/mol. The molecule has 0 saturated heterocycles. The van der Waals surface area contributed by atoms with Gasteiger partial charge in [0.15, 0.2) is 0 Å². The van der Waals surface area contributed by atoms with E-state index in [2.05, 4.69) is 9.71 Å². The summed E-state index contributed by atoms with van der Waals surface area (Å²) >= 11 is 1.47. The van der Waals surface area contributed by atoms with Crippen LogP contribution in [0.4, 0.5) is 0 Å². The van der Waals surface area contributed by atoms with Gasteiger partial charge in [-0.15, -0.1) is 11.3 Å². The highest BCUT2D eigenvalue weighted by Crippen LogP contribution is 2.47. The summed E-state index contributed by atoms with van der Waals surface area (Å²) in [5, 5.41) is 0. The third-order valence-corrected chi connectivity index (χ3v) is 7.03. The van der Waals surface area contributed by atoms with Gasteiger partial charge in [0.2, 0.25) is 10.0 Å². The second-order valence-electron chi connectivity index (χ2n) is 5.77.